The summed E-state index contributed by atoms with van der Waals surface area (Å²) in [5.41, 5.74) is 2.82. The molecule has 2 nitrogen and oxygen atoms in total. The maximum Gasteiger partial charge on any atom is 0.0502 e. The second kappa shape index (κ2) is 8.55. The number of rotatable bonds is 7. The molecule has 1 unspecified atom stereocenters. The molecule has 1 aliphatic carbocycles. The minimum Gasteiger partial charge on any atom is -0.384 e. The highest BCUT2D eigenvalue weighted by Crippen LogP contribution is 2.36. The van der Waals surface area contributed by atoms with Gasteiger partial charge < -0.3 is 10.1 Å². The minimum atomic E-state index is 0.527. The van der Waals surface area contributed by atoms with Crippen LogP contribution in [-0.4, -0.2) is 20.3 Å². The van der Waals surface area contributed by atoms with Gasteiger partial charge in [-0.15, -0.1) is 0 Å². The molecule has 0 aliphatic heterocycles. The minimum absolute atomic E-state index is 0.527. The highest BCUT2D eigenvalue weighted by Gasteiger charge is 2.26. The Balaban J connectivity index is 2.03. The smallest absolute Gasteiger partial charge is 0.0502 e. The summed E-state index contributed by atoms with van der Waals surface area (Å²) < 4.78 is 5.15. The van der Waals surface area contributed by atoms with Crippen LogP contribution in [0.4, 0.5) is 0 Å². The lowest BCUT2D eigenvalue weighted by atomic mass is 9.77. The molecule has 0 heterocycles. The number of methoxy groups -OCH3 is 1. The van der Waals surface area contributed by atoms with Crippen LogP contribution in [0.1, 0.15) is 56.7 Å². The maximum atomic E-state index is 5.15. The second-order valence-electron chi connectivity index (χ2n) is 6.54. The summed E-state index contributed by atoms with van der Waals surface area (Å²) in [6.45, 7) is 6.45. The Morgan fingerprint density at radius 1 is 1.14 bits per heavy atom. The summed E-state index contributed by atoms with van der Waals surface area (Å²) in [6, 6.07) is 9.69. The zero-order valence-electron chi connectivity index (χ0n) is 13.9. The predicted octanol–water partition coefficient (Wildman–Crippen LogP) is 4.35. The molecule has 1 atom stereocenters. The third-order valence-electron chi connectivity index (χ3n) is 4.89. The molecule has 1 fully saturated rings. The first-order valence-electron chi connectivity index (χ1n) is 8.55. The van der Waals surface area contributed by atoms with Crippen LogP contribution in [0.3, 0.4) is 0 Å². The van der Waals surface area contributed by atoms with E-state index in [-0.39, 0.29) is 0 Å². The number of ether oxygens (including phenoxy) is 1. The van der Waals surface area contributed by atoms with Crippen LogP contribution in [0.2, 0.25) is 0 Å². The number of hydrogen-bond acceptors (Lipinski definition) is 2. The topological polar surface area (TPSA) is 21.3 Å². The van der Waals surface area contributed by atoms with Crippen molar-refractivity contribution in [3.8, 4) is 0 Å². The van der Waals surface area contributed by atoms with Crippen molar-refractivity contribution >= 4 is 0 Å². The van der Waals surface area contributed by atoms with Gasteiger partial charge in [0.05, 0.1) is 6.61 Å². The van der Waals surface area contributed by atoms with Crippen molar-refractivity contribution in [2.24, 2.45) is 11.8 Å². The summed E-state index contributed by atoms with van der Waals surface area (Å²) in [7, 11) is 1.76. The van der Waals surface area contributed by atoms with E-state index in [0.29, 0.717) is 6.04 Å². The fourth-order valence-electron chi connectivity index (χ4n) is 3.51. The molecular weight excluding hydrogens is 258 g/mol. The third kappa shape index (κ3) is 4.82. The Labute approximate surface area is 130 Å². The Kier molecular flexibility index (Phi) is 6.72. The van der Waals surface area contributed by atoms with E-state index in [1.165, 1.54) is 36.8 Å². The molecule has 0 saturated heterocycles. The van der Waals surface area contributed by atoms with Crippen LogP contribution < -0.4 is 5.32 Å². The summed E-state index contributed by atoms with van der Waals surface area (Å²) in [5, 5.41) is 3.72. The van der Waals surface area contributed by atoms with E-state index in [2.05, 4.69) is 43.4 Å². The fourth-order valence-corrected chi connectivity index (χ4v) is 3.51. The molecule has 1 saturated carbocycles. The van der Waals surface area contributed by atoms with Gasteiger partial charge in [-0.05, 0) is 48.8 Å². The lowest BCUT2D eigenvalue weighted by molar-refractivity contribution is 0.202. The Hall–Kier alpha value is -0.860. The van der Waals surface area contributed by atoms with Crippen LogP contribution in [0.25, 0.3) is 0 Å². The highest BCUT2D eigenvalue weighted by atomic mass is 16.5. The normalized spacial score (nSPS) is 24.0. The van der Waals surface area contributed by atoms with Crippen LogP contribution in [0.15, 0.2) is 24.3 Å². The molecule has 2 rings (SSSR count). The van der Waals surface area contributed by atoms with Crippen molar-refractivity contribution in [2.45, 2.75) is 52.0 Å². The van der Waals surface area contributed by atoms with Crippen molar-refractivity contribution in [2.75, 3.05) is 20.3 Å². The van der Waals surface area contributed by atoms with E-state index >= 15 is 0 Å². The average Bonchev–Trinajstić information content (AvgIpc) is 2.52. The van der Waals surface area contributed by atoms with E-state index < -0.39 is 0 Å². The van der Waals surface area contributed by atoms with Crippen LogP contribution in [0, 0.1) is 11.8 Å². The zero-order valence-corrected chi connectivity index (χ0v) is 13.9. The molecule has 1 N–H and O–H groups in total. The summed E-state index contributed by atoms with van der Waals surface area (Å²) in [6.07, 6.45) is 6.51. The molecule has 1 aliphatic rings. The number of hydrogen-bond donors (Lipinski definition) is 1. The number of benzene rings is 1. The van der Waals surface area contributed by atoms with E-state index in [4.69, 9.17) is 4.74 Å². The first kappa shape index (κ1) is 16.5. The molecule has 2 heteroatoms. The molecule has 0 amide bonds. The van der Waals surface area contributed by atoms with Crippen molar-refractivity contribution < 1.29 is 4.74 Å². The van der Waals surface area contributed by atoms with Gasteiger partial charge in [0.25, 0.3) is 0 Å². The Morgan fingerprint density at radius 2 is 1.81 bits per heavy atom. The molecule has 118 valence electrons. The van der Waals surface area contributed by atoms with E-state index in [1.807, 2.05) is 0 Å². The molecule has 0 radical (unpaired) electrons. The predicted molar refractivity (Wildman–Crippen MR) is 89.6 cm³/mol. The lowest BCUT2D eigenvalue weighted by Crippen LogP contribution is -2.30. The van der Waals surface area contributed by atoms with Crippen molar-refractivity contribution in [3.05, 3.63) is 35.4 Å². The molecule has 1 aromatic carbocycles. The van der Waals surface area contributed by atoms with Gasteiger partial charge in [0.1, 0.15) is 0 Å². The lowest BCUT2D eigenvalue weighted by Gasteiger charge is -2.33. The molecule has 21 heavy (non-hydrogen) atoms. The Morgan fingerprint density at radius 3 is 2.38 bits per heavy atom. The van der Waals surface area contributed by atoms with E-state index in [1.54, 1.807) is 7.11 Å². The van der Waals surface area contributed by atoms with Crippen molar-refractivity contribution in [1.29, 1.82) is 0 Å². The quantitative estimate of drug-likeness (QED) is 0.805. The molecular formula is C19H31NO. The summed E-state index contributed by atoms with van der Waals surface area (Å²) in [4.78, 5) is 0. The van der Waals surface area contributed by atoms with Gasteiger partial charge in [-0.3, -0.25) is 0 Å². The van der Waals surface area contributed by atoms with E-state index in [0.717, 1.165) is 31.4 Å². The fraction of sp³-hybridized carbons (Fsp3) is 0.684. The molecule has 1 aromatic rings. The average molecular weight is 289 g/mol. The molecule has 0 spiro atoms. The van der Waals surface area contributed by atoms with Gasteiger partial charge in [0.15, 0.2) is 0 Å². The summed E-state index contributed by atoms with van der Waals surface area (Å²) in [5.74, 6) is 1.71. The van der Waals surface area contributed by atoms with Gasteiger partial charge in [-0.2, -0.15) is 0 Å². The molecule has 0 bridgehead atoms. The zero-order chi connectivity index (χ0) is 15.1. The largest absolute Gasteiger partial charge is 0.384 e. The van der Waals surface area contributed by atoms with Crippen molar-refractivity contribution in [3.63, 3.8) is 0 Å². The van der Waals surface area contributed by atoms with Gasteiger partial charge in [0, 0.05) is 13.2 Å². The van der Waals surface area contributed by atoms with Crippen molar-refractivity contribution in [1.82, 2.24) is 5.32 Å². The SMILES string of the molecule is CCNC(c1ccc(CCOC)cc1)C1CCC(C)CC1. The van der Waals surface area contributed by atoms with Gasteiger partial charge in [-0.25, -0.2) is 0 Å². The van der Waals surface area contributed by atoms with Crippen LogP contribution in [0.5, 0.6) is 0 Å². The van der Waals surface area contributed by atoms with Crippen LogP contribution >= 0.6 is 0 Å². The van der Waals surface area contributed by atoms with Gasteiger partial charge >= 0.3 is 0 Å². The first-order valence-corrected chi connectivity index (χ1v) is 8.55. The number of nitrogens with one attached hydrogen (secondary N) is 1. The second-order valence-corrected chi connectivity index (χ2v) is 6.54. The van der Waals surface area contributed by atoms with Crippen LogP contribution in [-0.2, 0) is 11.2 Å². The first-order chi connectivity index (χ1) is 10.2. The highest BCUT2D eigenvalue weighted by molar-refractivity contribution is 5.26. The van der Waals surface area contributed by atoms with E-state index in [9.17, 15) is 0 Å². The van der Waals surface area contributed by atoms with Gasteiger partial charge in [0.2, 0.25) is 0 Å². The summed E-state index contributed by atoms with van der Waals surface area (Å²) >= 11 is 0. The molecule has 0 aromatic heterocycles. The Bertz CT molecular complexity index is 393. The maximum absolute atomic E-state index is 5.15. The third-order valence-corrected chi connectivity index (χ3v) is 4.89. The monoisotopic (exact) mass is 289 g/mol. The van der Waals surface area contributed by atoms with Gasteiger partial charge in [-0.1, -0.05) is 51.0 Å². The standard InChI is InChI=1S/C19H31NO/c1-4-20-19(17-9-5-15(2)6-10-17)18-11-7-16(8-12-18)13-14-21-3/h7-8,11-12,15,17,19-20H,4-6,9-10,13-14H2,1-3H3.